The summed E-state index contributed by atoms with van der Waals surface area (Å²) in [4.78, 5) is 25.1. The molecule has 1 aliphatic carbocycles. The Morgan fingerprint density at radius 2 is 2.04 bits per heavy atom. The summed E-state index contributed by atoms with van der Waals surface area (Å²) in [6.45, 7) is 1.50. The SMILES string of the molecule is CC(=O)c1ccc(Oc2nc(-c3ccccn3)nc3c2CCC3)c(Cl)c1. The number of aryl methyl sites for hydroxylation is 1. The van der Waals surface area contributed by atoms with Crippen molar-refractivity contribution in [1.82, 2.24) is 15.0 Å². The lowest BCUT2D eigenvalue weighted by Crippen LogP contribution is -2.02. The fourth-order valence-electron chi connectivity index (χ4n) is 3.00. The van der Waals surface area contributed by atoms with Gasteiger partial charge >= 0.3 is 0 Å². The van der Waals surface area contributed by atoms with E-state index in [9.17, 15) is 4.79 Å². The Kier molecular flexibility index (Phi) is 4.39. The molecule has 3 aromatic rings. The Labute approximate surface area is 156 Å². The average molecular weight is 366 g/mol. The number of carbonyl (C=O) groups is 1. The standard InChI is InChI=1S/C20H16ClN3O2/c1-12(25)13-8-9-18(15(21)11-13)26-20-14-5-4-7-16(14)23-19(24-20)17-6-2-3-10-22-17/h2-3,6,8-11H,4-5,7H2,1H3. The van der Waals surface area contributed by atoms with Crippen molar-refractivity contribution in [3.63, 3.8) is 0 Å². The summed E-state index contributed by atoms with van der Waals surface area (Å²) in [5.74, 6) is 1.47. The Morgan fingerprint density at radius 3 is 2.77 bits per heavy atom. The van der Waals surface area contributed by atoms with Crippen molar-refractivity contribution >= 4 is 17.4 Å². The van der Waals surface area contributed by atoms with Crippen LogP contribution in [0.2, 0.25) is 5.02 Å². The summed E-state index contributed by atoms with van der Waals surface area (Å²) in [6, 6.07) is 10.6. The highest BCUT2D eigenvalue weighted by Gasteiger charge is 2.22. The first-order valence-electron chi connectivity index (χ1n) is 8.41. The smallest absolute Gasteiger partial charge is 0.226 e. The molecule has 0 fully saturated rings. The van der Waals surface area contributed by atoms with Gasteiger partial charge in [0.1, 0.15) is 11.4 Å². The Morgan fingerprint density at radius 1 is 1.15 bits per heavy atom. The maximum absolute atomic E-state index is 11.5. The number of Topliss-reactive ketones (excluding diaryl/α,β-unsaturated/α-hetero) is 1. The number of carbonyl (C=O) groups excluding carboxylic acids is 1. The van der Waals surface area contributed by atoms with E-state index in [4.69, 9.17) is 16.3 Å². The minimum atomic E-state index is -0.0428. The number of rotatable bonds is 4. The van der Waals surface area contributed by atoms with Crippen molar-refractivity contribution in [3.8, 4) is 23.1 Å². The van der Waals surface area contributed by atoms with Gasteiger partial charge in [-0.05, 0) is 56.5 Å². The van der Waals surface area contributed by atoms with E-state index in [0.29, 0.717) is 33.7 Å². The van der Waals surface area contributed by atoms with Crippen molar-refractivity contribution in [3.05, 3.63) is 64.4 Å². The number of benzene rings is 1. The average Bonchev–Trinajstić information content (AvgIpc) is 3.13. The maximum Gasteiger partial charge on any atom is 0.226 e. The van der Waals surface area contributed by atoms with Crippen LogP contribution >= 0.6 is 11.6 Å². The molecule has 1 aliphatic rings. The van der Waals surface area contributed by atoms with Crippen LogP contribution in [0.25, 0.3) is 11.5 Å². The highest BCUT2D eigenvalue weighted by Crippen LogP contribution is 2.35. The predicted molar refractivity (Wildman–Crippen MR) is 98.8 cm³/mol. The molecule has 0 N–H and O–H groups in total. The topological polar surface area (TPSA) is 65.0 Å². The van der Waals surface area contributed by atoms with Crippen LogP contribution in [0.15, 0.2) is 42.6 Å². The molecule has 130 valence electrons. The maximum atomic E-state index is 11.5. The number of pyridine rings is 1. The van der Waals surface area contributed by atoms with E-state index in [1.165, 1.54) is 6.92 Å². The molecule has 0 unspecified atom stereocenters. The van der Waals surface area contributed by atoms with Crippen LogP contribution < -0.4 is 4.74 Å². The van der Waals surface area contributed by atoms with Crippen molar-refractivity contribution in [2.24, 2.45) is 0 Å². The zero-order valence-electron chi connectivity index (χ0n) is 14.2. The highest BCUT2D eigenvalue weighted by atomic mass is 35.5. The number of hydrogen-bond acceptors (Lipinski definition) is 5. The predicted octanol–water partition coefficient (Wildman–Crippen LogP) is 4.68. The number of fused-ring (bicyclic) bond motifs is 1. The monoisotopic (exact) mass is 365 g/mol. The summed E-state index contributed by atoms with van der Waals surface area (Å²) in [5, 5.41) is 0.377. The van der Waals surface area contributed by atoms with E-state index in [1.807, 2.05) is 18.2 Å². The fourth-order valence-corrected chi connectivity index (χ4v) is 3.22. The molecule has 4 rings (SSSR count). The van der Waals surface area contributed by atoms with E-state index in [1.54, 1.807) is 24.4 Å². The van der Waals surface area contributed by atoms with Crippen molar-refractivity contribution in [2.75, 3.05) is 0 Å². The van der Waals surface area contributed by atoms with E-state index >= 15 is 0 Å². The molecule has 0 radical (unpaired) electrons. The van der Waals surface area contributed by atoms with Crippen LogP contribution in [0.3, 0.4) is 0 Å². The molecule has 26 heavy (non-hydrogen) atoms. The molecule has 0 bridgehead atoms. The summed E-state index contributed by atoms with van der Waals surface area (Å²) >= 11 is 6.30. The Hall–Kier alpha value is -2.79. The van der Waals surface area contributed by atoms with Gasteiger partial charge < -0.3 is 4.74 Å². The molecule has 0 atom stereocenters. The van der Waals surface area contributed by atoms with E-state index in [-0.39, 0.29) is 5.78 Å². The van der Waals surface area contributed by atoms with Gasteiger partial charge in [-0.15, -0.1) is 0 Å². The molecule has 2 aromatic heterocycles. The van der Waals surface area contributed by atoms with Gasteiger partial charge in [0.15, 0.2) is 11.6 Å². The second-order valence-corrected chi connectivity index (χ2v) is 6.56. The molecule has 2 heterocycles. The summed E-state index contributed by atoms with van der Waals surface area (Å²) < 4.78 is 6.03. The quantitative estimate of drug-likeness (QED) is 0.628. The van der Waals surface area contributed by atoms with Gasteiger partial charge in [0, 0.05) is 17.3 Å². The third-order valence-corrected chi connectivity index (χ3v) is 4.63. The summed E-state index contributed by atoms with van der Waals surface area (Å²) in [7, 11) is 0. The molecule has 1 aromatic carbocycles. The minimum absolute atomic E-state index is 0.0428. The van der Waals surface area contributed by atoms with Crippen LogP contribution in [0.1, 0.15) is 35.0 Å². The molecule has 0 spiro atoms. The third-order valence-electron chi connectivity index (χ3n) is 4.33. The molecule has 0 amide bonds. The zero-order valence-corrected chi connectivity index (χ0v) is 15.0. The largest absolute Gasteiger partial charge is 0.437 e. The molecular formula is C20H16ClN3O2. The molecular weight excluding hydrogens is 350 g/mol. The van der Waals surface area contributed by atoms with Gasteiger partial charge in [-0.2, -0.15) is 4.98 Å². The van der Waals surface area contributed by atoms with Crippen LogP contribution in [0, 0.1) is 0 Å². The summed E-state index contributed by atoms with van der Waals surface area (Å²) in [6.07, 6.45) is 4.49. The first kappa shape index (κ1) is 16.7. The normalized spacial score (nSPS) is 12.7. The number of aromatic nitrogens is 3. The van der Waals surface area contributed by atoms with Gasteiger partial charge in [-0.25, -0.2) is 4.98 Å². The van der Waals surface area contributed by atoms with Gasteiger partial charge in [-0.1, -0.05) is 17.7 Å². The third kappa shape index (κ3) is 3.18. The van der Waals surface area contributed by atoms with Gasteiger partial charge in [-0.3, -0.25) is 9.78 Å². The Bertz CT molecular complexity index is 990. The van der Waals surface area contributed by atoms with Crippen LogP contribution in [0.5, 0.6) is 11.6 Å². The van der Waals surface area contributed by atoms with Crippen molar-refractivity contribution in [2.45, 2.75) is 26.2 Å². The van der Waals surface area contributed by atoms with Crippen LogP contribution in [0.4, 0.5) is 0 Å². The molecule has 0 aliphatic heterocycles. The lowest BCUT2D eigenvalue weighted by atomic mass is 10.1. The number of ketones is 1. The van der Waals surface area contributed by atoms with Crippen LogP contribution in [-0.2, 0) is 12.8 Å². The zero-order chi connectivity index (χ0) is 18.1. The number of halogens is 1. The van der Waals surface area contributed by atoms with E-state index in [2.05, 4.69) is 15.0 Å². The second kappa shape index (κ2) is 6.84. The number of hydrogen-bond donors (Lipinski definition) is 0. The van der Waals surface area contributed by atoms with Crippen molar-refractivity contribution in [1.29, 1.82) is 0 Å². The van der Waals surface area contributed by atoms with Gasteiger partial charge in [0.05, 0.1) is 10.7 Å². The Balaban J connectivity index is 1.75. The van der Waals surface area contributed by atoms with E-state index < -0.39 is 0 Å². The lowest BCUT2D eigenvalue weighted by molar-refractivity contribution is 0.101. The lowest BCUT2D eigenvalue weighted by Gasteiger charge is -2.12. The van der Waals surface area contributed by atoms with Gasteiger partial charge in [0.2, 0.25) is 5.88 Å². The first-order chi connectivity index (χ1) is 12.6. The van der Waals surface area contributed by atoms with E-state index in [0.717, 1.165) is 30.5 Å². The summed E-state index contributed by atoms with van der Waals surface area (Å²) in [5.41, 5.74) is 3.25. The molecule has 6 heteroatoms. The highest BCUT2D eigenvalue weighted by molar-refractivity contribution is 6.32. The molecule has 5 nitrogen and oxygen atoms in total. The van der Waals surface area contributed by atoms with Crippen LogP contribution in [-0.4, -0.2) is 20.7 Å². The molecule has 0 saturated carbocycles. The number of ether oxygens (including phenoxy) is 1. The van der Waals surface area contributed by atoms with Crippen molar-refractivity contribution < 1.29 is 9.53 Å². The first-order valence-corrected chi connectivity index (χ1v) is 8.79. The fraction of sp³-hybridized carbons (Fsp3) is 0.200. The van der Waals surface area contributed by atoms with Gasteiger partial charge in [0.25, 0.3) is 0 Å². The molecule has 0 saturated heterocycles. The second-order valence-electron chi connectivity index (χ2n) is 6.15. The minimum Gasteiger partial charge on any atom is -0.437 e. The number of nitrogens with zero attached hydrogens (tertiary/aromatic N) is 3.